The number of aromatic nitrogens is 3. The molecule has 3 heterocycles. The van der Waals surface area contributed by atoms with Gasteiger partial charge < -0.3 is 4.74 Å². The summed E-state index contributed by atoms with van der Waals surface area (Å²) >= 11 is 1.34. The van der Waals surface area contributed by atoms with Gasteiger partial charge in [0.1, 0.15) is 12.1 Å². The molecule has 1 amide bonds. The van der Waals surface area contributed by atoms with Crippen molar-refractivity contribution in [3.63, 3.8) is 0 Å². The molecule has 5 aromatic rings. The van der Waals surface area contributed by atoms with Crippen LogP contribution in [0.1, 0.15) is 16.8 Å². The summed E-state index contributed by atoms with van der Waals surface area (Å²) in [6.07, 6.45) is -1.62. The summed E-state index contributed by atoms with van der Waals surface area (Å²) < 4.78 is 43.2. The van der Waals surface area contributed by atoms with Gasteiger partial charge in [-0.05, 0) is 73.5 Å². The van der Waals surface area contributed by atoms with Gasteiger partial charge in [-0.15, -0.1) is 13.2 Å². The number of hydrogen-bond donors (Lipinski definition) is 0. The van der Waals surface area contributed by atoms with Gasteiger partial charge in [0.25, 0.3) is 5.91 Å². The van der Waals surface area contributed by atoms with Gasteiger partial charge >= 0.3 is 6.36 Å². The van der Waals surface area contributed by atoms with Crippen LogP contribution in [0.15, 0.2) is 83.2 Å². The van der Waals surface area contributed by atoms with Gasteiger partial charge in [0.05, 0.1) is 39.9 Å². The lowest BCUT2D eigenvalue weighted by Gasteiger charge is -2.11. The van der Waals surface area contributed by atoms with Gasteiger partial charge in [-0.25, -0.2) is 15.0 Å². The summed E-state index contributed by atoms with van der Waals surface area (Å²) in [6, 6.07) is 18.8. The van der Waals surface area contributed by atoms with Crippen LogP contribution in [0.3, 0.4) is 0 Å². The smallest absolute Gasteiger partial charge is 0.406 e. The topological polar surface area (TPSA) is 85.0 Å². The largest absolute Gasteiger partial charge is 0.573 e. The highest BCUT2D eigenvalue weighted by atomic mass is 32.2. The highest BCUT2D eigenvalue weighted by molar-refractivity contribution is 8.15. The summed E-state index contributed by atoms with van der Waals surface area (Å²) in [5, 5.41) is 7.00. The summed E-state index contributed by atoms with van der Waals surface area (Å²) in [6.45, 7) is 3.95. The van der Waals surface area contributed by atoms with Gasteiger partial charge in [0.2, 0.25) is 0 Å². The Labute approximate surface area is 236 Å². The number of alkyl halides is 3. The maximum atomic E-state index is 12.5. The minimum Gasteiger partial charge on any atom is -0.406 e. The second-order valence-electron chi connectivity index (χ2n) is 9.27. The standard InChI is InChI=1S/C29H21F3N6O2S/c1-17-4-3-5-18(2)26(17)36-28-38(25(39)15-41-28)34-14-19-6-11-22-23(35-19)12-13-24-27(22)33-16-37(24)20-7-9-21(10-8-20)40-29(30,31)32/h3-14,16H,15H2,1-2H3/b34-14+,36-28+. The normalized spacial score (nSPS) is 15.2. The molecule has 206 valence electrons. The van der Waals surface area contributed by atoms with Gasteiger partial charge in [-0.3, -0.25) is 9.36 Å². The fourth-order valence-electron chi connectivity index (χ4n) is 4.53. The zero-order chi connectivity index (χ0) is 28.7. The first-order chi connectivity index (χ1) is 19.7. The van der Waals surface area contributed by atoms with Crippen LogP contribution in [0.5, 0.6) is 5.75 Å². The summed E-state index contributed by atoms with van der Waals surface area (Å²) in [5.74, 6) is -0.208. The molecule has 2 aromatic heterocycles. The number of nitrogens with zero attached hydrogens (tertiary/aromatic N) is 6. The predicted molar refractivity (Wildman–Crippen MR) is 153 cm³/mol. The summed E-state index contributed by atoms with van der Waals surface area (Å²) in [7, 11) is 0. The van der Waals surface area contributed by atoms with Crippen LogP contribution in [0.25, 0.3) is 27.6 Å². The molecule has 0 atom stereocenters. The van der Waals surface area contributed by atoms with E-state index in [1.165, 1.54) is 47.3 Å². The number of carbonyl (C=O) groups excluding carboxylic acids is 1. The van der Waals surface area contributed by atoms with Crippen molar-refractivity contribution >= 4 is 56.7 Å². The molecule has 0 unspecified atom stereocenters. The molecule has 1 fully saturated rings. The summed E-state index contributed by atoms with van der Waals surface area (Å²) in [4.78, 5) is 26.5. The summed E-state index contributed by atoms with van der Waals surface area (Å²) in [5.41, 5.74) is 6.14. The van der Waals surface area contributed by atoms with E-state index in [2.05, 4.69) is 19.8 Å². The number of rotatable bonds is 5. The number of imidazole rings is 1. The second-order valence-corrected chi connectivity index (χ2v) is 10.2. The highest BCUT2D eigenvalue weighted by Gasteiger charge is 2.31. The van der Waals surface area contributed by atoms with Crippen LogP contribution < -0.4 is 4.74 Å². The van der Waals surface area contributed by atoms with Crippen molar-refractivity contribution in [2.75, 3.05) is 5.75 Å². The van der Waals surface area contributed by atoms with Crippen molar-refractivity contribution in [1.29, 1.82) is 0 Å². The number of hydrogen-bond acceptors (Lipinski definition) is 7. The molecular formula is C29H21F3N6O2S. The molecule has 0 bridgehead atoms. The molecule has 1 aliphatic heterocycles. The van der Waals surface area contributed by atoms with Gasteiger partial charge in [0, 0.05) is 11.1 Å². The molecule has 0 saturated carbocycles. The second kappa shape index (κ2) is 10.4. The fraction of sp³-hybridized carbons (Fsp3) is 0.138. The Kier molecular flexibility index (Phi) is 6.70. The minimum atomic E-state index is -4.75. The van der Waals surface area contributed by atoms with E-state index in [9.17, 15) is 18.0 Å². The van der Waals surface area contributed by atoms with Crippen molar-refractivity contribution in [3.05, 3.63) is 89.9 Å². The lowest BCUT2D eigenvalue weighted by Crippen LogP contribution is -2.24. The Morgan fingerprint density at radius 3 is 2.49 bits per heavy atom. The average molecular weight is 575 g/mol. The van der Waals surface area contributed by atoms with Crippen LogP contribution in [0.2, 0.25) is 0 Å². The van der Waals surface area contributed by atoms with E-state index < -0.39 is 6.36 Å². The zero-order valence-electron chi connectivity index (χ0n) is 21.8. The monoisotopic (exact) mass is 574 g/mol. The third kappa shape index (κ3) is 5.38. The maximum absolute atomic E-state index is 12.5. The zero-order valence-corrected chi connectivity index (χ0v) is 22.6. The molecule has 0 aliphatic carbocycles. The van der Waals surface area contributed by atoms with Crippen molar-refractivity contribution in [1.82, 2.24) is 19.5 Å². The van der Waals surface area contributed by atoms with E-state index in [1.54, 1.807) is 17.0 Å². The maximum Gasteiger partial charge on any atom is 0.573 e. The van der Waals surface area contributed by atoms with E-state index in [0.717, 1.165) is 27.7 Å². The van der Waals surface area contributed by atoms with Crippen LogP contribution in [-0.2, 0) is 4.79 Å². The van der Waals surface area contributed by atoms with Gasteiger partial charge in [-0.2, -0.15) is 10.1 Å². The number of pyridine rings is 1. The van der Waals surface area contributed by atoms with Crippen molar-refractivity contribution in [2.24, 2.45) is 10.1 Å². The van der Waals surface area contributed by atoms with Gasteiger partial charge in [-0.1, -0.05) is 30.0 Å². The van der Waals surface area contributed by atoms with Crippen molar-refractivity contribution in [3.8, 4) is 11.4 Å². The Balaban J connectivity index is 1.27. The number of amides is 1. The number of fused-ring (bicyclic) bond motifs is 3. The average Bonchev–Trinajstić information content (AvgIpc) is 3.52. The Morgan fingerprint density at radius 2 is 1.76 bits per heavy atom. The molecule has 6 rings (SSSR count). The number of aliphatic imine (C=N–C) groups is 1. The van der Waals surface area contributed by atoms with E-state index in [4.69, 9.17) is 4.99 Å². The molecule has 41 heavy (non-hydrogen) atoms. The molecule has 8 nitrogen and oxygen atoms in total. The van der Waals surface area contributed by atoms with Crippen LogP contribution in [0, 0.1) is 13.8 Å². The first-order valence-corrected chi connectivity index (χ1v) is 13.4. The van der Waals surface area contributed by atoms with Crippen molar-refractivity contribution < 1.29 is 22.7 Å². The number of amidine groups is 1. The molecule has 3 aromatic carbocycles. The van der Waals surface area contributed by atoms with Crippen LogP contribution >= 0.6 is 11.8 Å². The third-order valence-corrected chi connectivity index (χ3v) is 7.36. The van der Waals surface area contributed by atoms with Gasteiger partial charge in [0.15, 0.2) is 5.17 Å². The number of benzene rings is 3. The number of thioether (sulfide) groups is 1. The lowest BCUT2D eigenvalue weighted by atomic mass is 10.1. The van der Waals surface area contributed by atoms with E-state index >= 15 is 0 Å². The molecule has 1 aliphatic rings. The Hall–Kier alpha value is -4.71. The lowest BCUT2D eigenvalue weighted by molar-refractivity contribution is -0.274. The molecule has 12 heteroatoms. The van der Waals surface area contributed by atoms with Crippen LogP contribution in [-0.4, -0.2) is 48.9 Å². The molecule has 1 saturated heterocycles. The Morgan fingerprint density at radius 1 is 1.00 bits per heavy atom. The molecule has 0 radical (unpaired) electrons. The number of ether oxygens (including phenoxy) is 1. The number of aryl methyl sites for hydroxylation is 2. The molecule has 0 N–H and O–H groups in total. The first kappa shape index (κ1) is 26.5. The molecule has 0 spiro atoms. The van der Waals surface area contributed by atoms with Crippen LogP contribution in [0.4, 0.5) is 18.9 Å². The molecular weight excluding hydrogens is 553 g/mol. The SMILES string of the molecule is Cc1cccc(C)c1/N=C1/SCC(=O)N1/N=C/c1ccc2c(ccc3c2ncn3-c2ccc(OC(F)(F)F)cc2)n1. The van der Waals surface area contributed by atoms with E-state index in [0.29, 0.717) is 27.6 Å². The number of hydrazone groups is 1. The number of para-hydroxylation sites is 1. The Bertz CT molecular complexity index is 1840. The third-order valence-electron chi connectivity index (χ3n) is 6.45. The fourth-order valence-corrected chi connectivity index (χ4v) is 5.33. The van der Waals surface area contributed by atoms with E-state index in [1.807, 2.05) is 50.2 Å². The predicted octanol–water partition coefficient (Wildman–Crippen LogP) is 6.69. The quantitative estimate of drug-likeness (QED) is 0.219. The van der Waals surface area contributed by atoms with Crippen molar-refractivity contribution in [2.45, 2.75) is 20.2 Å². The number of halogens is 3. The minimum absolute atomic E-state index is 0.165. The van der Waals surface area contributed by atoms with E-state index in [-0.39, 0.29) is 17.4 Å². The first-order valence-electron chi connectivity index (χ1n) is 12.4. The number of carbonyl (C=O) groups is 1. The highest BCUT2D eigenvalue weighted by Crippen LogP contribution is 2.30.